The van der Waals surface area contributed by atoms with Crippen LogP contribution >= 0.6 is 0 Å². The van der Waals surface area contributed by atoms with Crippen molar-refractivity contribution in [3.63, 3.8) is 0 Å². The fraction of sp³-hybridized carbons (Fsp3) is 0.467. The van der Waals surface area contributed by atoms with Gasteiger partial charge in [0.1, 0.15) is 0 Å². The number of rotatable bonds is 5. The molecule has 1 aliphatic heterocycles. The van der Waals surface area contributed by atoms with Crippen LogP contribution in [0, 0.1) is 0 Å². The van der Waals surface area contributed by atoms with Crippen molar-refractivity contribution < 1.29 is 19.1 Å². The first-order valence-corrected chi connectivity index (χ1v) is 7.10. The molecule has 1 aromatic carbocycles. The Bertz CT molecular complexity index is 569. The molecule has 0 saturated heterocycles. The molecule has 2 amide bonds. The number of anilines is 1. The molecule has 112 valence electrons. The Morgan fingerprint density at radius 1 is 1.29 bits per heavy atom. The van der Waals surface area contributed by atoms with Gasteiger partial charge in [0.25, 0.3) is 0 Å². The van der Waals surface area contributed by atoms with Crippen molar-refractivity contribution in [1.82, 2.24) is 5.32 Å². The number of ether oxygens (including phenoxy) is 2. The molecule has 1 saturated carbocycles. The van der Waals surface area contributed by atoms with E-state index < -0.39 is 0 Å². The smallest absolute Gasteiger partial charge is 0.231 e. The quantitative estimate of drug-likeness (QED) is 0.891. The van der Waals surface area contributed by atoms with Crippen LogP contribution in [-0.2, 0) is 9.59 Å². The number of nitrogens with one attached hydrogen (secondary N) is 1. The van der Waals surface area contributed by atoms with Crippen LogP contribution in [0.1, 0.15) is 26.2 Å². The van der Waals surface area contributed by atoms with E-state index in [-0.39, 0.29) is 18.6 Å². The Kier molecular flexibility index (Phi) is 3.68. The van der Waals surface area contributed by atoms with Crippen LogP contribution in [-0.4, -0.2) is 31.2 Å². The van der Waals surface area contributed by atoms with E-state index >= 15 is 0 Å². The number of fused-ring (bicyclic) bond motifs is 1. The summed E-state index contributed by atoms with van der Waals surface area (Å²) in [6.45, 7) is 2.04. The molecular formula is C15H18N2O4. The van der Waals surface area contributed by atoms with Crippen molar-refractivity contribution in [2.75, 3.05) is 18.2 Å². The maximum atomic E-state index is 11.8. The summed E-state index contributed by atoms with van der Waals surface area (Å²) in [6.07, 6.45) is 2.42. The second-order valence-corrected chi connectivity index (χ2v) is 5.30. The van der Waals surface area contributed by atoms with Gasteiger partial charge in [-0.1, -0.05) is 0 Å². The van der Waals surface area contributed by atoms with Crippen molar-refractivity contribution in [3.8, 4) is 11.5 Å². The molecule has 2 aliphatic rings. The zero-order valence-electron chi connectivity index (χ0n) is 11.9. The number of carbonyl (C=O) groups excluding carboxylic acids is 2. The highest BCUT2D eigenvalue weighted by molar-refractivity contribution is 5.92. The predicted molar refractivity (Wildman–Crippen MR) is 76.4 cm³/mol. The molecule has 6 nitrogen and oxygen atoms in total. The lowest BCUT2D eigenvalue weighted by Gasteiger charge is -2.21. The molecule has 6 heteroatoms. The lowest BCUT2D eigenvalue weighted by molar-refractivity contribution is -0.121. The SMILES string of the molecule is CC(=O)N(CCC(=O)NC1CC1)c1ccc2c(c1)OCO2. The second kappa shape index (κ2) is 5.63. The molecular weight excluding hydrogens is 272 g/mol. The molecule has 0 radical (unpaired) electrons. The first-order valence-electron chi connectivity index (χ1n) is 7.10. The summed E-state index contributed by atoms with van der Waals surface area (Å²) < 4.78 is 10.6. The summed E-state index contributed by atoms with van der Waals surface area (Å²) in [4.78, 5) is 25.1. The third-order valence-electron chi connectivity index (χ3n) is 3.55. The molecule has 1 aliphatic carbocycles. The molecule has 0 atom stereocenters. The van der Waals surface area contributed by atoms with E-state index in [1.807, 2.05) is 0 Å². The fourth-order valence-electron chi connectivity index (χ4n) is 2.26. The first-order chi connectivity index (χ1) is 10.1. The van der Waals surface area contributed by atoms with E-state index in [2.05, 4.69) is 5.32 Å². The van der Waals surface area contributed by atoms with E-state index in [0.29, 0.717) is 36.2 Å². The van der Waals surface area contributed by atoms with E-state index in [0.717, 1.165) is 12.8 Å². The number of carbonyl (C=O) groups is 2. The maximum Gasteiger partial charge on any atom is 0.231 e. The van der Waals surface area contributed by atoms with Crippen LogP contribution in [0.2, 0.25) is 0 Å². The molecule has 0 unspecified atom stereocenters. The highest BCUT2D eigenvalue weighted by Gasteiger charge is 2.24. The van der Waals surface area contributed by atoms with Gasteiger partial charge in [0.05, 0.1) is 0 Å². The number of nitrogens with zero attached hydrogens (tertiary/aromatic N) is 1. The topological polar surface area (TPSA) is 67.9 Å². The van der Waals surface area contributed by atoms with Gasteiger partial charge in [0.15, 0.2) is 11.5 Å². The molecule has 0 aromatic heterocycles. The Morgan fingerprint density at radius 3 is 2.76 bits per heavy atom. The number of hydrogen-bond acceptors (Lipinski definition) is 4. The Hall–Kier alpha value is -2.24. The van der Waals surface area contributed by atoms with Crippen LogP contribution < -0.4 is 19.7 Å². The fourth-order valence-corrected chi connectivity index (χ4v) is 2.26. The lowest BCUT2D eigenvalue weighted by Crippen LogP contribution is -2.34. The third-order valence-corrected chi connectivity index (χ3v) is 3.55. The number of benzene rings is 1. The van der Waals surface area contributed by atoms with Crippen LogP contribution in [0.5, 0.6) is 11.5 Å². The van der Waals surface area contributed by atoms with Crippen molar-refractivity contribution in [2.45, 2.75) is 32.2 Å². The monoisotopic (exact) mass is 290 g/mol. The summed E-state index contributed by atoms with van der Waals surface area (Å²) in [7, 11) is 0. The summed E-state index contributed by atoms with van der Waals surface area (Å²) in [5, 5.41) is 2.92. The molecule has 1 aromatic rings. The van der Waals surface area contributed by atoms with E-state index in [1.165, 1.54) is 6.92 Å². The highest BCUT2D eigenvalue weighted by Crippen LogP contribution is 2.35. The normalized spacial score (nSPS) is 15.7. The van der Waals surface area contributed by atoms with Crippen LogP contribution in [0.15, 0.2) is 18.2 Å². The summed E-state index contributed by atoms with van der Waals surface area (Å²) in [5.41, 5.74) is 0.714. The molecule has 1 heterocycles. The summed E-state index contributed by atoms with van der Waals surface area (Å²) in [5.74, 6) is 1.19. The Labute approximate surface area is 123 Å². The van der Waals surface area contributed by atoms with Gasteiger partial charge >= 0.3 is 0 Å². The Balaban J connectivity index is 1.66. The minimum absolute atomic E-state index is 0.00973. The molecule has 1 N–H and O–H groups in total. The molecule has 3 rings (SSSR count). The summed E-state index contributed by atoms with van der Waals surface area (Å²) >= 11 is 0. The number of amides is 2. The van der Waals surface area contributed by atoms with Gasteiger partial charge in [-0.3, -0.25) is 9.59 Å². The van der Waals surface area contributed by atoms with Crippen molar-refractivity contribution in [2.24, 2.45) is 0 Å². The van der Waals surface area contributed by atoms with Gasteiger partial charge in [0, 0.05) is 37.7 Å². The van der Waals surface area contributed by atoms with Gasteiger partial charge in [0.2, 0.25) is 18.6 Å². The Morgan fingerprint density at radius 2 is 2.05 bits per heavy atom. The van der Waals surface area contributed by atoms with Gasteiger partial charge in [-0.05, 0) is 25.0 Å². The van der Waals surface area contributed by atoms with Crippen molar-refractivity contribution in [1.29, 1.82) is 0 Å². The van der Waals surface area contributed by atoms with Gasteiger partial charge < -0.3 is 19.7 Å². The van der Waals surface area contributed by atoms with E-state index in [9.17, 15) is 9.59 Å². The number of hydrogen-bond donors (Lipinski definition) is 1. The standard InChI is InChI=1S/C15H18N2O4/c1-10(18)17(7-6-15(19)16-11-2-3-11)12-4-5-13-14(8-12)21-9-20-13/h4-5,8,11H,2-3,6-7,9H2,1H3,(H,16,19). The van der Waals surface area contributed by atoms with Crippen LogP contribution in [0.25, 0.3) is 0 Å². The zero-order chi connectivity index (χ0) is 14.8. The third kappa shape index (κ3) is 3.26. The second-order valence-electron chi connectivity index (χ2n) is 5.30. The van der Waals surface area contributed by atoms with Crippen LogP contribution in [0.4, 0.5) is 5.69 Å². The van der Waals surface area contributed by atoms with E-state index in [4.69, 9.17) is 9.47 Å². The largest absolute Gasteiger partial charge is 0.454 e. The average Bonchev–Trinajstić information content (AvgIpc) is 3.13. The van der Waals surface area contributed by atoms with Gasteiger partial charge in [-0.15, -0.1) is 0 Å². The van der Waals surface area contributed by atoms with Gasteiger partial charge in [-0.2, -0.15) is 0 Å². The van der Waals surface area contributed by atoms with Crippen molar-refractivity contribution in [3.05, 3.63) is 18.2 Å². The minimum Gasteiger partial charge on any atom is -0.454 e. The molecule has 1 fully saturated rings. The minimum atomic E-state index is -0.104. The van der Waals surface area contributed by atoms with Gasteiger partial charge in [-0.25, -0.2) is 0 Å². The van der Waals surface area contributed by atoms with Crippen molar-refractivity contribution >= 4 is 17.5 Å². The average molecular weight is 290 g/mol. The summed E-state index contributed by atoms with van der Waals surface area (Å²) in [6, 6.07) is 5.68. The van der Waals surface area contributed by atoms with Crippen LogP contribution in [0.3, 0.4) is 0 Å². The molecule has 0 spiro atoms. The molecule has 21 heavy (non-hydrogen) atoms. The molecule has 0 bridgehead atoms. The first kappa shape index (κ1) is 13.7. The predicted octanol–water partition coefficient (Wildman–Crippen LogP) is 1.44. The van der Waals surface area contributed by atoms with E-state index in [1.54, 1.807) is 23.1 Å². The zero-order valence-corrected chi connectivity index (χ0v) is 11.9. The highest BCUT2D eigenvalue weighted by atomic mass is 16.7. The maximum absolute atomic E-state index is 11.8. The lowest BCUT2D eigenvalue weighted by atomic mass is 10.2.